The molecule has 26 heavy (non-hydrogen) atoms. The summed E-state index contributed by atoms with van der Waals surface area (Å²) in [5.74, 6) is 3.99. The van der Waals surface area contributed by atoms with Crippen molar-refractivity contribution in [3.8, 4) is 11.8 Å². The van der Waals surface area contributed by atoms with Crippen LogP contribution in [0.2, 0.25) is 0 Å². The molecule has 2 aromatic rings. The fraction of sp³-hybridized carbons (Fsp3) is 0.211. The normalized spacial score (nSPS) is 10.6. The Morgan fingerprint density at radius 2 is 1.85 bits per heavy atom. The Morgan fingerprint density at radius 3 is 2.50 bits per heavy atom. The van der Waals surface area contributed by atoms with Gasteiger partial charge in [-0.15, -0.1) is 0 Å². The van der Waals surface area contributed by atoms with Crippen molar-refractivity contribution in [1.29, 1.82) is 0 Å². The third kappa shape index (κ3) is 6.13. The van der Waals surface area contributed by atoms with Gasteiger partial charge in [-0.2, -0.15) is 13.2 Å². The van der Waals surface area contributed by atoms with Gasteiger partial charge in [0.2, 0.25) is 0 Å². The zero-order valence-electron chi connectivity index (χ0n) is 13.6. The van der Waals surface area contributed by atoms with Gasteiger partial charge in [-0.1, -0.05) is 42.2 Å². The molecule has 7 heteroatoms. The summed E-state index contributed by atoms with van der Waals surface area (Å²) >= 11 is 0. The van der Waals surface area contributed by atoms with Crippen molar-refractivity contribution in [3.05, 3.63) is 71.0 Å². The number of ether oxygens (including phenoxy) is 1. The highest BCUT2D eigenvalue weighted by atomic mass is 19.4. The van der Waals surface area contributed by atoms with Crippen molar-refractivity contribution >= 4 is 6.09 Å². The molecule has 0 fully saturated rings. The van der Waals surface area contributed by atoms with Crippen LogP contribution in [0.25, 0.3) is 0 Å². The maximum Gasteiger partial charge on any atom is 0.416 e. The van der Waals surface area contributed by atoms with Crippen LogP contribution in [0.4, 0.5) is 22.4 Å². The van der Waals surface area contributed by atoms with Gasteiger partial charge in [0, 0.05) is 13.0 Å². The molecule has 0 atom stereocenters. The first-order valence-electron chi connectivity index (χ1n) is 7.66. The lowest BCUT2D eigenvalue weighted by molar-refractivity contribution is -0.137. The van der Waals surface area contributed by atoms with E-state index < -0.39 is 23.7 Å². The van der Waals surface area contributed by atoms with Crippen molar-refractivity contribution in [3.63, 3.8) is 0 Å². The Kier molecular flexibility index (Phi) is 6.61. The Balaban J connectivity index is 1.76. The summed E-state index contributed by atoms with van der Waals surface area (Å²) in [6.45, 7) is 0.304. The van der Waals surface area contributed by atoms with Crippen LogP contribution < -0.4 is 5.32 Å². The standard InChI is InChI=1S/C19H15F4NO2/c20-17-12-16(19(21,22)23)10-9-15(17)8-4-5-11-24-18(25)26-13-14-6-2-1-3-7-14/h1-3,6-7,9-10,12H,5,11,13H2,(H,24,25). The summed E-state index contributed by atoms with van der Waals surface area (Å²) in [4.78, 5) is 11.5. The van der Waals surface area contributed by atoms with Crippen LogP contribution in [-0.2, 0) is 17.5 Å². The molecule has 2 rings (SSSR count). The fourth-order valence-corrected chi connectivity index (χ4v) is 1.95. The quantitative estimate of drug-likeness (QED) is 0.492. The number of rotatable bonds is 4. The van der Waals surface area contributed by atoms with Crippen LogP contribution in [-0.4, -0.2) is 12.6 Å². The highest BCUT2D eigenvalue weighted by molar-refractivity contribution is 5.67. The highest BCUT2D eigenvalue weighted by Crippen LogP contribution is 2.30. The zero-order chi connectivity index (χ0) is 19.0. The average molecular weight is 365 g/mol. The van der Waals surface area contributed by atoms with Crippen molar-refractivity contribution < 1.29 is 27.1 Å². The van der Waals surface area contributed by atoms with E-state index in [4.69, 9.17) is 4.74 Å². The van der Waals surface area contributed by atoms with Gasteiger partial charge in [-0.05, 0) is 23.8 Å². The number of nitrogens with one attached hydrogen (secondary N) is 1. The minimum Gasteiger partial charge on any atom is -0.445 e. The number of amides is 1. The van der Waals surface area contributed by atoms with Gasteiger partial charge < -0.3 is 10.1 Å². The topological polar surface area (TPSA) is 38.3 Å². The summed E-state index contributed by atoms with van der Waals surface area (Å²) in [5.41, 5.74) is -0.353. The third-order valence-electron chi connectivity index (χ3n) is 3.25. The van der Waals surface area contributed by atoms with Gasteiger partial charge in [-0.3, -0.25) is 0 Å². The molecule has 136 valence electrons. The molecule has 0 heterocycles. The molecule has 0 saturated heterocycles. The van der Waals surface area contributed by atoms with Crippen molar-refractivity contribution in [1.82, 2.24) is 5.32 Å². The van der Waals surface area contributed by atoms with Gasteiger partial charge in [0.05, 0.1) is 11.1 Å². The number of carbonyl (C=O) groups is 1. The molecule has 1 amide bonds. The largest absolute Gasteiger partial charge is 0.445 e. The monoisotopic (exact) mass is 365 g/mol. The summed E-state index contributed by atoms with van der Waals surface area (Å²) in [6, 6.07) is 11.3. The number of alkyl halides is 3. The van der Waals surface area contributed by atoms with E-state index in [9.17, 15) is 22.4 Å². The summed E-state index contributed by atoms with van der Waals surface area (Å²) in [7, 11) is 0. The lowest BCUT2D eigenvalue weighted by Crippen LogP contribution is -2.24. The van der Waals surface area contributed by atoms with Gasteiger partial charge in [-0.25, -0.2) is 9.18 Å². The molecule has 1 N–H and O–H groups in total. The number of alkyl carbamates (subject to hydrolysis) is 1. The van der Waals surface area contributed by atoms with E-state index in [0.717, 1.165) is 17.7 Å². The molecule has 3 nitrogen and oxygen atoms in total. The predicted octanol–water partition coefficient (Wildman–Crippen LogP) is 4.51. The van der Waals surface area contributed by atoms with Crippen molar-refractivity contribution in [2.45, 2.75) is 19.2 Å². The number of halogens is 4. The molecule has 2 aromatic carbocycles. The second-order valence-corrected chi connectivity index (χ2v) is 5.23. The van der Waals surface area contributed by atoms with Gasteiger partial charge in [0.25, 0.3) is 0 Å². The van der Waals surface area contributed by atoms with Gasteiger partial charge in [0.15, 0.2) is 0 Å². The average Bonchev–Trinajstić information content (AvgIpc) is 2.61. The summed E-state index contributed by atoms with van der Waals surface area (Å²) in [5, 5.41) is 2.48. The van der Waals surface area contributed by atoms with E-state index in [1.165, 1.54) is 0 Å². The molecular weight excluding hydrogens is 350 g/mol. The van der Waals surface area contributed by atoms with Crippen molar-refractivity contribution in [2.75, 3.05) is 6.54 Å². The Bertz CT molecular complexity index is 808. The van der Waals surface area contributed by atoms with Crippen LogP contribution in [0.1, 0.15) is 23.1 Å². The van der Waals surface area contributed by atoms with E-state index >= 15 is 0 Å². The fourth-order valence-electron chi connectivity index (χ4n) is 1.95. The Morgan fingerprint density at radius 1 is 1.12 bits per heavy atom. The first-order valence-corrected chi connectivity index (χ1v) is 7.66. The molecule has 0 aromatic heterocycles. The number of carbonyl (C=O) groups excluding carboxylic acids is 1. The maximum absolute atomic E-state index is 13.6. The van der Waals surface area contributed by atoms with E-state index in [1.54, 1.807) is 0 Å². The van der Waals surface area contributed by atoms with Crippen LogP contribution >= 0.6 is 0 Å². The second-order valence-electron chi connectivity index (χ2n) is 5.23. The minimum atomic E-state index is -4.60. The Labute approximate surface area is 148 Å². The smallest absolute Gasteiger partial charge is 0.416 e. The van der Waals surface area contributed by atoms with Gasteiger partial charge >= 0.3 is 12.3 Å². The Hall–Kier alpha value is -3.01. The molecule has 0 saturated carbocycles. The van der Waals surface area contributed by atoms with Crippen LogP contribution in [0, 0.1) is 17.7 Å². The zero-order valence-corrected chi connectivity index (χ0v) is 13.6. The maximum atomic E-state index is 13.6. The van der Waals surface area contributed by atoms with Crippen LogP contribution in [0.5, 0.6) is 0 Å². The molecule has 0 aliphatic rings. The molecule has 0 bridgehead atoms. The molecular formula is C19H15F4NO2. The molecule has 0 spiro atoms. The van der Waals surface area contributed by atoms with E-state index in [1.807, 2.05) is 30.3 Å². The van der Waals surface area contributed by atoms with Gasteiger partial charge in [0.1, 0.15) is 12.4 Å². The first-order chi connectivity index (χ1) is 12.4. The molecule has 0 radical (unpaired) electrons. The first kappa shape index (κ1) is 19.3. The van der Waals surface area contributed by atoms with E-state index in [0.29, 0.717) is 6.07 Å². The van der Waals surface area contributed by atoms with Crippen LogP contribution in [0.3, 0.4) is 0 Å². The molecule has 0 unspecified atom stereocenters. The summed E-state index contributed by atoms with van der Waals surface area (Å²) < 4.78 is 55.9. The van der Waals surface area contributed by atoms with E-state index in [-0.39, 0.29) is 25.1 Å². The third-order valence-corrected chi connectivity index (χ3v) is 3.25. The number of hydrogen-bond donors (Lipinski definition) is 1. The molecule has 0 aliphatic carbocycles. The lowest BCUT2D eigenvalue weighted by atomic mass is 10.1. The highest BCUT2D eigenvalue weighted by Gasteiger charge is 2.30. The SMILES string of the molecule is O=C(NCCC#Cc1ccc(C(F)(F)F)cc1F)OCc1ccccc1. The number of benzene rings is 2. The van der Waals surface area contributed by atoms with Crippen molar-refractivity contribution in [2.24, 2.45) is 0 Å². The number of hydrogen-bond acceptors (Lipinski definition) is 2. The van der Waals surface area contributed by atoms with E-state index in [2.05, 4.69) is 17.2 Å². The predicted molar refractivity (Wildman–Crippen MR) is 87.5 cm³/mol. The lowest BCUT2D eigenvalue weighted by Gasteiger charge is -2.06. The molecule has 0 aliphatic heterocycles. The summed E-state index contributed by atoms with van der Waals surface area (Å²) in [6.07, 6.45) is -5.02. The second kappa shape index (κ2) is 8.90. The minimum absolute atomic E-state index is 0.134. The van der Waals surface area contributed by atoms with Crippen LogP contribution in [0.15, 0.2) is 48.5 Å².